The molecular formula is C27H23BrO6. The van der Waals surface area contributed by atoms with Gasteiger partial charge in [0, 0.05) is 42.7 Å². The van der Waals surface area contributed by atoms with E-state index in [9.17, 15) is 14.4 Å². The number of aromatic carboxylic acids is 1. The van der Waals surface area contributed by atoms with Crippen LogP contribution in [0.4, 0.5) is 0 Å². The fraction of sp³-hybridized carbons (Fsp3) is 0.296. The van der Waals surface area contributed by atoms with Gasteiger partial charge in [0.2, 0.25) is 0 Å². The van der Waals surface area contributed by atoms with E-state index in [0.29, 0.717) is 42.6 Å². The molecule has 0 radical (unpaired) electrons. The molecule has 0 fully saturated rings. The van der Waals surface area contributed by atoms with Gasteiger partial charge >= 0.3 is 5.97 Å². The molecule has 1 N–H and O–H groups in total. The van der Waals surface area contributed by atoms with Crippen LogP contribution in [0.2, 0.25) is 0 Å². The monoisotopic (exact) mass is 522 g/mol. The molecule has 0 aromatic heterocycles. The highest BCUT2D eigenvalue weighted by Crippen LogP contribution is 2.48. The van der Waals surface area contributed by atoms with E-state index >= 15 is 0 Å². The molecule has 3 aliphatic rings. The van der Waals surface area contributed by atoms with Crippen LogP contribution >= 0.6 is 15.9 Å². The van der Waals surface area contributed by atoms with E-state index in [1.54, 1.807) is 24.3 Å². The van der Waals surface area contributed by atoms with Crippen LogP contribution in [0, 0.1) is 0 Å². The number of hydrogen-bond donors (Lipinski definition) is 1. The Morgan fingerprint density at radius 1 is 0.941 bits per heavy atom. The predicted molar refractivity (Wildman–Crippen MR) is 127 cm³/mol. The van der Waals surface area contributed by atoms with Gasteiger partial charge in [0.25, 0.3) is 0 Å². The molecule has 0 bridgehead atoms. The Balaban J connectivity index is 1.43. The topological polar surface area (TPSA) is 89.9 Å². The van der Waals surface area contributed by atoms with Crippen LogP contribution in [0.5, 0.6) is 5.75 Å². The van der Waals surface area contributed by atoms with Gasteiger partial charge in [-0.1, -0.05) is 18.2 Å². The van der Waals surface area contributed by atoms with Crippen LogP contribution in [-0.2, 0) is 20.9 Å². The molecule has 6 nitrogen and oxygen atoms in total. The summed E-state index contributed by atoms with van der Waals surface area (Å²) in [6, 6.07) is 12.2. The lowest BCUT2D eigenvalue weighted by Crippen LogP contribution is -2.30. The second kappa shape index (κ2) is 9.22. The minimum Gasteiger partial charge on any atom is -0.488 e. The Kier molecular flexibility index (Phi) is 6.13. The fourth-order valence-electron chi connectivity index (χ4n) is 4.87. The van der Waals surface area contributed by atoms with Gasteiger partial charge in [-0.2, -0.15) is 0 Å². The molecule has 2 aliphatic carbocycles. The fourth-order valence-corrected chi connectivity index (χ4v) is 5.38. The minimum absolute atomic E-state index is 0.0532. The first-order chi connectivity index (χ1) is 16.4. The van der Waals surface area contributed by atoms with Crippen molar-refractivity contribution in [1.29, 1.82) is 0 Å². The SMILES string of the molecule is O=C1CCCC2=C1C(c1ccc(OCc3ccc(C(=O)O)cc3)c(Br)c1)C1=C(CCCC1=O)O2. The Morgan fingerprint density at radius 3 is 2.12 bits per heavy atom. The number of allylic oxidation sites excluding steroid dienone is 4. The van der Waals surface area contributed by atoms with E-state index in [0.717, 1.165) is 40.0 Å². The average Bonchev–Trinajstić information content (AvgIpc) is 2.82. The summed E-state index contributed by atoms with van der Waals surface area (Å²) >= 11 is 3.59. The molecule has 0 saturated carbocycles. The number of rotatable bonds is 5. The van der Waals surface area contributed by atoms with Gasteiger partial charge in [-0.3, -0.25) is 9.59 Å². The third kappa shape index (κ3) is 4.20. The summed E-state index contributed by atoms with van der Waals surface area (Å²) < 4.78 is 12.8. The van der Waals surface area contributed by atoms with E-state index in [-0.39, 0.29) is 23.7 Å². The number of ether oxygens (including phenoxy) is 2. The highest BCUT2D eigenvalue weighted by Gasteiger charge is 2.41. The van der Waals surface area contributed by atoms with Crippen LogP contribution in [0.25, 0.3) is 0 Å². The number of benzene rings is 2. The number of carboxylic acids is 1. The summed E-state index contributed by atoms with van der Waals surface area (Å²) in [4.78, 5) is 36.9. The van der Waals surface area contributed by atoms with E-state index in [2.05, 4.69) is 15.9 Å². The molecule has 7 heteroatoms. The summed E-state index contributed by atoms with van der Waals surface area (Å²) in [6.07, 6.45) is 3.91. The Hall–Kier alpha value is -3.19. The molecule has 1 aliphatic heterocycles. The number of halogens is 1. The Labute approximate surface area is 205 Å². The summed E-state index contributed by atoms with van der Waals surface area (Å²) in [5.74, 6) is 0.782. The lowest BCUT2D eigenvalue weighted by atomic mass is 9.73. The average molecular weight is 523 g/mol. The van der Waals surface area contributed by atoms with Crippen molar-refractivity contribution < 1.29 is 29.0 Å². The third-order valence-electron chi connectivity index (χ3n) is 6.53. The Bertz CT molecular complexity index is 1210. The van der Waals surface area contributed by atoms with Gasteiger partial charge in [0.05, 0.1) is 10.0 Å². The van der Waals surface area contributed by atoms with Crippen molar-refractivity contribution in [3.05, 3.63) is 86.3 Å². The van der Waals surface area contributed by atoms with Gasteiger partial charge in [-0.05, 0) is 64.2 Å². The summed E-state index contributed by atoms with van der Waals surface area (Å²) in [5.41, 5.74) is 3.18. The molecule has 174 valence electrons. The number of carbonyl (C=O) groups excluding carboxylic acids is 2. The first-order valence-electron chi connectivity index (χ1n) is 11.4. The second-order valence-corrected chi connectivity index (χ2v) is 9.60. The van der Waals surface area contributed by atoms with Gasteiger partial charge in [-0.25, -0.2) is 4.79 Å². The minimum atomic E-state index is -0.969. The van der Waals surface area contributed by atoms with E-state index in [1.165, 1.54) is 0 Å². The van der Waals surface area contributed by atoms with Crippen molar-refractivity contribution in [2.45, 2.75) is 51.0 Å². The molecule has 0 saturated heterocycles. The highest BCUT2D eigenvalue weighted by molar-refractivity contribution is 9.10. The van der Waals surface area contributed by atoms with Crippen molar-refractivity contribution in [3.63, 3.8) is 0 Å². The zero-order valence-corrected chi connectivity index (χ0v) is 20.0. The van der Waals surface area contributed by atoms with Crippen LogP contribution in [0.3, 0.4) is 0 Å². The number of hydrogen-bond acceptors (Lipinski definition) is 5. The van der Waals surface area contributed by atoms with E-state index in [4.69, 9.17) is 14.6 Å². The largest absolute Gasteiger partial charge is 0.488 e. The number of carboxylic acid groups (broad SMARTS) is 1. The van der Waals surface area contributed by atoms with E-state index < -0.39 is 11.9 Å². The summed E-state index contributed by atoms with van der Waals surface area (Å²) in [7, 11) is 0. The smallest absolute Gasteiger partial charge is 0.335 e. The molecule has 0 unspecified atom stereocenters. The third-order valence-corrected chi connectivity index (χ3v) is 7.14. The zero-order chi connectivity index (χ0) is 23.8. The standard InChI is InChI=1S/C27H23BrO6/c28-18-13-17(11-12-21(18)33-14-15-7-9-16(10-8-15)27(31)32)24-25-19(29)3-1-5-22(25)34-23-6-2-4-20(30)26(23)24/h7-13,24H,1-6,14H2,(H,31,32). The summed E-state index contributed by atoms with van der Waals surface area (Å²) in [6.45, 7) is 0.274. The zero-order valence-electron chi connectivity index (χ0n) is 18.4. The number of Topliss-reactive ketones (excluding diaryl/α,β-unsaturated/α-hetero) is 2. The molecule has 2 aromatic rings. The molecule has 1 heterocycles. The van der Waals surface area contributed by atoms with Crippen LogP contribution in [0.1, 0.15) is 65.9 Å². The molecule has 2 aromatic carbocycles. The molecule has 0 atom stereocenters. The van der Waals surface area contributed by atoms with Crippen LogP contribution < -0.4 is 4.74 Å². The van der Waals surface area contributed by atoms with E-state index in [1.807, 2.05) is 18.2 Å². The first-order valence-corrected chi connectivity index (χ1v) is 12.2. The van der Waals surface area contributed by atoms with Crippen molar-refractivity contribution in [1.82, 2.24) is 0 Å². The maximum absolute atomic E-state index is 12.9. The molecule has 0 spiro atoms. The van der Waals surface area contributed by atoms with Crippen molar-refractivity contribution >= 4 is 33.5 Å². The van der Waals surface area contributed by atoms with Crippen molar-refractivity contribution in [3.8, 4) is 5.75 Å². The lowest BCUT2D eigenvalue weighted by Gasteiger charge is -2.36. The predicted octanol–water partition coefficient (Wildman–Crippen LogP) is 5.85. The molecule has 5 rings (SSSR count). The van der Waals surface area contributed by atoms with Gasteiger partial charge in [-0.15, -0.1) is 0 Å². The summed E-state index contributed by atoms with van der Waals surface area (Å²) in [5, 5.41) is 9.04. The van der Waals surface area contributed by atoms with Gasteiger partial charge in [0.15, 0.2) is 11.6 Å². The van der Waals surface area contributed by atoms with Crippen LogP contribution in [-0.4, -0.2) is 22.6 Å². The quantitative estimate of drug-likeness (QED) is 0.529. The number of ketones is 2. The van der Waals surface area contributed by atoms with Gasteiger partial charge < -0.3 is 14.6 Å². The normalized spacial score (nSPS) is 18.4. The van der Waals surface area contributed by atoms with Crippen molar-refractivity contribution in [2.75, 3.05) is 0 Å². The highest BCUT2D eigenvalue weighted by atomic mass is 79.9. The number of carbonyl (C=O) groups is 3. The molecule has 34 heavy (non-hydrogen) atoms. The Morgan fingerprint density at radius 2 is 1.56 bits per heavy atom. The second-order valence-electron chi connectivity index (χ2n) is 8.74. The maximum Gasteiger partial charge on any atom is 0.335 e. The molecular weight excluding hydrogens is 500 g/mol. The van der Waals surface area contributed by atoms with Crippen molar-refractivity contribution in [2.24, 2.45) is 0 Å². The first kappa shape index (κ1) is 22.6. The maximum atomic E-state index is 12.9. The lowest BCUT2D eigenvalue weighted by molar-refractivity contribution is -0.117. The van der Waals surface area contributed by atoms with Crippen LogP contribution in [0.15, 0.2) is 69.6 Å². The molecule has 0 amide bonds. The van der Waals surface area contributed by atoms with Gasteiger partial charge in [0.1, 0.15) is 23.9 Å².